The molecule has 1 heterocycles. The van der Waals surface area contributed by atoms with Crippen molar-refractivity contribution in [1.82, 2.24) is 10.2 Å². The molecular formula is C14H19N3O2S. The summed E-state index contributed by atoms with van der Waals surface area (Å²) in [6, 6.07) is 7.49. The molecule has 0 bridgehead atoms. The number of carbonyl (C=O) groups is 1. The number of hydrogen-bond acceptors (Lipinski definition) is 4. The lowest BCUT2D eigenvalue weighted by Gasteiger charge is -2.34. The summed E-state index contributed by atoms with van der Waals surface area (Å²) in [5.41, 5.74) is 7.65. The van der Waals surface area contributed by atoms with E-state index >= 15 is 0 Å². The van der Waals surface area contributed by atoms with Crippen LogP contribution in [0, 0.1) is 0 Å². The van der Waals surface area contributed by atoms with Crippen molar-refractivity contribution in [2.75, 3.05) is 26.8 Å². The third kappa shape index (κ3) is 3.33. The molecule has 0 aromatic heterocycles. The van der Waals surface area contributed by atoms with Gasteiger partial charge in [0, 0.05) is 25.7 Å². The SMILES string of the molecule is CNC(=O)C1COCCN1Cc1ccccc1C(N)=S. The quantitative estimate of drug-likeness (QED) is 0.780. The van der Waals surface area contributed by atoms with Crippen molar-refractivity contribution >= 4 is 23.1 Å². The van der Waals surface area contributed by atoms with E-state index in [0.29, 0.717) is 31.3 Å². The number of nitrogens with two attached hydrogens (primary N) is 1. The fourth-order valence-electron chi connectivity index (χ4n) is 2.35. The number of thiocarbonyl (C=S) groups is 1. The largest absolute Gasteiger partial charge is 0.389 e. The van der Waals surface area contributed by atoms with Gasteiger partial charge in [0.25, 0.3) is 0 Å². The molecule has 1 aromatic carbocycles. The van der Waals surface area contributed by atoms with Crippen LogP contribution >= 0.6 is 12.2 Å². The first kappa shape index (κ1) is 14.9. The van der Waals surface area contributed by atoms with Gasteiger partial charge in [0.2, 0.25) is 5.91 Å². The van der Waals surface area contributed by atoms with Crippen LogP contribution in [-0.4, -0.2) is 48.6 Å². The summed E-state index contributed by atoms with van der Waals surface area (Å²) in [5.74, 6) is -0.0301. The Kier molecular flexibility index (Phi) is 5.05. The Hall–Kier alpha value is -1.50. The molecule has 20 heavy (non-hydrogen) atoms. The minimum absolute atomic E-state index is 0.0301. The Labute approximate surface area is 124 Å². The molecule has 0 spiro atoms. The van der Waals surface area contributed by atoms with Gasteiger partial charge in [0.1, 0.15) is 11.0 Å². The average Bonchev–Trinajstić information content (AvgIpc) is 2.47. The minimum atomic E-state index is -0.270. The predicted molar refractivity (Wildman–Crippen MR) is 81.4 cm³/mol. The van der Waals surface area contributed by atoms with Crippen LogP contribution in [0.15, 0.2) is 24.3 Å². The van der Waals surface area contributed by atoms with Crippen LogP contribution in [0.5, 0.6) is 0 Å². The number of carbonyl (C=O) groups excluding carboxylic acids is 1. The molecule has 1 amide bonds. The summed E-state index contributed by atoms with van der Waals surface area (Å²) in [4.78, 5) is 14.4. The molecule has 5 nitrogen and oxygen atoms in total. The fraction of sp³-hybridized carbons (Fsp3) is 0.429. The summed E-state index contributed by atoms with van der Waals surface area (Å²) < 4.78 is 5.40. The van der Waals surface area contributed by atoms with E-state index in [9.17, 15) is 4.79 Å². The standard InChI is InChI=1S/C14H19N3O2S/c1-16-14(18)12-9-19-7-6-17(12)8-10-4-2-3-5-11(10)13(15)20/h2-5,12H,6-9H2,1H3,(H2,15,20)(H,16,18). The lowest BCUT2D eigenvalue weighted by Crippen LogP contribution is -2.52. The molecule has 1 saturated heterocycles. The lowest BCUT2D eigenvalue weighted by molar-refractivity contribution is -0.132. The molecule has 6 heteroatoms. The van der Waals surface area contributed by atoms with Crippen LogP contribution in [0.1, 0.15) is 11.1 Å². The molecule has 1 aliphatic rings. The highest BCUT2D eigenvalue weighted by molar-refractivity contribution is 7.80. The number of rotatable bonds is 4. The van der Waals surface area contributed by atoms with Gasteiger partial charge in [0.05, 0.1) is 13.2 Å². The number of amides is 1. The fourth-order valence-corrected chi connectivity index (χ4v) is 2.55. The van der Waals surface area contributed by atoms with E-state index in [1.165, 1.54) is 0 Å². The molecule has 1 aromatic rings. The Morgan fingerprint density at radius 1 is 1.55 bits per heavy atom. The summed E-state index contributed by atoms with van der Waals surface area (Å²) in [5, 5.41) is 2.68. The van der Waals surface area contributed by atoms with Crippen LogP contribution < -0.4 is 11.1 Å². The second kappa shape index (κ2) is 6.78. The van der Waals surface area contributed by atoms with Gasteiger partial charge >= 0.3 is 0 Å². The molecule has 1 fully saturated rings. The van der Waals surface area contributed by atoms with E-state index in [1.807, 2.05) is 24.3 Å². The molecule has 108 valence electrons. The van der Waals surface area contributed by atoms with Crippen molar-refractivity contribution in [1.29, 1.82) is 0 Å². The molecule has 1 unspecified atom stereocenters. The minimum Gasteiger partial charge on any atom is -0.389 e. The van der Waals surface area contributed by atoms with Gasteiger partial charge in [-0.2, -0.15) is 0 Å². The van der Waals surface area contributed by atoms with Gasteiger partial charge in [-0.15, -0.1) is 0 Å². The van der Waals surface area contributed by atoms with Gasteiger partial charge < -0.3 is 15.8 Å². The Balaban J connectivity index is 2.19. The van der Waals surface area contributed by atoms with E-state index in [0.717, 1.165) is 11.1 Å². The molecule has 0 radical (unpaired) electrons. The predicted octanol–water partition coefficient (Wildman–Crippen LogP) is 0.268. The zero-order valence-electron chi connectivity index (χ0n) is 11.5. The second-order valence-electron chi connectivity index (χ2n) is 4.70. The van der Waals surface area contributed by atoms with E-state index in [1.54, 1.807) is 7.05 Å². The maximum absolute atomic E-state index is 11.9. The maximum Gasteiger partial charge on any atom is 0.239 e. The lowest BCUT2D eigenvalue weighted by atomic mass is 10.1. The monoisotopic (exact) mass is 293 g/mol. The smallest absolute Gasteiger partial charge is 0.239 e. The van der Waals surface area contributed by atoms with E-state index in [2.05, 4.69) is 10.2 Å². The van der Waals surface area contributed by atoms with Gasteiger partial charge in [-0.25, -0.2) is 0 Å². The van der Waals surface area contributed by atoms with Gasteiger partial charge in [-0.1, -0.05) is 36.5 Å². The topological polar surface area (TPSA) is 67.6 Å². The van der Waals surface area contributed by atoms with Crippen LogP contribution in [-0.2, 0) is 16.1 Å². The van der Waals surface area contributed by atoms with E-state index in [-0.39, 0.29) is 11.9 Å². The zero-order chi connectivity index (χ0) is 14.5. The average molecular weight is 293 g/mol. The third-order valence-corrected chi connectivity index (χ3v) is 3.66. The Morgan fingerprint density at radius 3 is 3.00 bits per heavy atom. The van der Waals surface area contributed by atoms with Gasteiger partial charge in [-0.05, 0) is 5.56 Å². The number of nitrogens with zero attached hydrogens (tertiary/aromatic N) is 1. The number of hydrogen-bond donors (Lipinski definition) is 2. The van der Waals surface area contributed by atoms with Crippen molar-refractivity contribution in [3.8, 4) is 0 Å². The van der Waals surface area contributed by atoms with Crippen LogP contribution in [0.4, 0.5) is 0 Å². The van der Waals surface area contributed by atoms with Crippen molar-refractivity contribution in [3.05, 3.63) is 35.4 Å². The Bertz CT molecular complexity index is 507. The van der Waals surface area contributed by atoms with Crippen molar-refractivity contribution in [3.63, 3.8) is 0 Å². The molecule has 3 N–H and O–H groups in total. The first-order valence-electron chi connectivity index (χ1n) is 6.54. The number of benzene rings is 1. The molecule has 1 atom stereocenters. The van der Waals surface area contributed by atoms with Crippen molar-refractivity contribution in [2.24, 2.45) is 5.73 Å². The van der Waals surface area contributed by atoms with Crippen LogP contribution in [0.25, 0.3) is 0 Å². The highest BCUT2D eigenvalue weighted by atomic mass is 32.1. The summed E-state index contributed by atoms with van der Waals surface area (Å²) in [7, 11) is 1.64. The number of likely N-dealkylation sites (N-methyl/N-ethyl adjacent to an activating group) is 1. The zero-order valence-corrected chi connectivity index (χ0v) is 12.3. The van der Waals surface area contributed by atoms with E-state index in [4.69, 9.17) is 22.7 Å². The number of ether oxygens (including phenoxy) is 1. The second-order valence-corrected chi connectivity index (χ2v) is 5.14. The maximum atomic E-state index is 11.9. The number of morpholine rings is 1. The van der Waals surface area contributed by atoms with Crippen molar-refractivity contribution < 1.29 is 9.53 Å². The Morgan fingerprint density at radius 2 is 2.30 bits per heavy atom. The van der Waals surface area contributed by atoms with Crippen LogP contribution in [0.3, 0.4) is 0 Å². The molecule has 0 saturated carbocycles. The van der Waals surface area contributed by atoms with E-state index < -0.39 is 0 Å². The highest BCUT2D eigenvalue weighted by Crippen LogP contribution is 2.16. The molecular weight excluding hydrogens is 274 g/mol. The van der Waals surface area contributed by atoms with Crippen LogP contribution in [0.2, 0.25) is 0 Å². The third-order valence-electron chi connectivity index (χ3n) is 3.44. The summed E-state index contributed by atoms with van der Waals surface area (Å²) in [6.45, 7) is 2.39. The molecule has 0 aliphatic carbocycles. The number of nitrogens with one attached hydrogen (secondary N) is 1. The highest BCUT2D eigenvalue weighted by Gasteiger charge is 2.29. The van der Waals surface area contributed by atoms with Crippen molar-refractivity contribution in [2.45, 2.75) is 12.6 Å². The first-order valence-corrected chi connectivity index (χ1v) is 6.95. The first-order chi connectivity index (χ1) is 9.63. The van der Waals surface area contributed by atoms with Gasteiger partial charge in [-0.3, -0.25) is 9.69 Å². The normalized spacial score (nSPS) is 19.6. The summed E-state index contributed by atoms with van der Waals surface area (Å²) >= 11 is 5.08. The molecule has 1 aliphatic heterocycles. The molecule has 2 rings (SSSR count). The summed E-state index contributed by atoms with van der Waals surface area (Å²) in [6.07, 6.45) is 0. The van der Waals surface area contributed by atoms with Gasteiger partial charge in [0.15, 0.2) is 0 Å².